The molecular weight excluding hydrogens is 290 g/mol. The molecule has 1 aromatic rings. The van der Waals surface area contributed by atoms with Crippen molar-refractivity contribution < 1.29 is 4.79 Å². The number of aromatic nitrogens is 1. The van der Waals surface area contributed by atoms with Crippen LogP contribution in [0.5, 0.6) is 0 Å². The van der Waals surface area contributed by atoms with Gasteiger partial charge >= 0.3 is 0 Å². The lowest BCUT2D eigenvalue weighted by atomic mass is 9.92. The number of hydrogen-bond donors (Lipinski definition) is 2. The Morgan fingerprint density at radius 2 is 1.86 bits per heavy atom. The number of aryl methyl sites for hydroxylation is 1. The zero-order valence-electron chi connectivity index (χ0n) is 12.2. The number of carbonyl (C=O) groups excluding carboxylic acids is 1. The van der Waals surface area contributed by atoms with Gasteiger partial charge in [-0.1, -0.05) is 0 Å². The minimum atomic E-state index is -0.157. The molecule has 2 aliphatic heterocycles. The first-order chi connectivity index (χ1) is 9.65. The molecular formula is C15H22ClN3O2. The molecule has 0 bridgehead atoms. The summed E-state index contributed by atoms with van der Waals surface area (Å²) >= 11 is 0. The Kier molecular flexibility index (Phi) is 5.06. The molecule has 2 aliphatic rings. The second kappa shape index (κ2) is 6.62. The van der Waals surface area contributed by atoms with Crippen LogP contribution in [0.4, 0.5) is 0 Å². The van der Waals surface area contributed by atoms with Gasteiger partial charge in [0.25, 0.3) is 5.91 Å². The maximum absolute atomic E-state index is 12.6. The van der Waals surface area contributed by atoms with Crippen molar-refractivity contribution in [3.05, 3.63) is 33.7 Å². The van der Waals surface area contributed by atoms with Crippen LogP contribution in [0.15, 0.2) is 17.1 Å². The van der Waals surface area contributed by atoms with E-state index in [4.69, 9.17) is 0 Å². The van der Waals surface area contributed by atoms with Gasteiger partial charge in [-0.2, -0.15) is 0 Å². The summed E-state index contributed by atoms with van der Waals surface area (Å²) in [5, 5.41) is 3.44. The smallest absolute Gasteiger partial charge is 0.255 e. The number of hydrogen-bond acceptors (Lipinski definition) is 3. The largest absolute Gasteiger partial charge is 0.339 e. The number of aromatic amines is 1. The Labute approximate surface area is 130 Å². The van der Waals surface area contributed by atoms with Crippen molar-refractivity contribution in [3.63, 3.8) is 0 Å². The van der Waals surface area contributed by atoms with Crippen LogP contribution in [0.25, 0.3) is 0 Å². The summed E-state index contributed by atoms with van der Waals surface area (Å²) in [6.07, 6.45) is 3.70. The van der Waals surface area contributed by atoms with Crippen molar-refractivity contribution in [2.24, 2.45) is 11.8 Å². The number of likely N-dealkylation sites (tertiary alicyclic amines) is 1. The highest BCUT2D eigenvalue weighted by atomic mass is 35.5. The highest BCUT2D eigenvalue weighted by molar-refractivity contribution is 5.95. The number of carbonyl (C=O) groups is 1. The van der Waals surface area contributed by atoms with Crippen molar-refractivity contribution >= 4 is 18.3 Å². The number of amides is 1. The molecule has 2 atom stereocenters. The summed E-state index contributed by atoms with van der Waals surface area (Å²) in [6.45, 7) is 5.63. The van der Waals surface area contributed by atoms with Crippen LogP contribution in [0.3, 0.4) is 0 Å². The minimum absolute atomic E-state index is 0. The van der Waals surface area contributed by atoms with Gasteiger partial charge in [0.05, 0.1) is 5.56 Å². The van der Waals surface area contributed by atoms with E-state index in [0.29, 0.717) is 17.4 Å². The molecule has 0 radical (unpaired) electrons. The molecule has 0 spiro atoms. The van der Waals surface area contributed by atoms with Gasteiger partial charge in [0, 0.05) is 25.4 Å². The lowest BCUT2D eigenvalue weighted by molar-refractivity contribution is 0.0757. The van der Waals surface area contributed by atoms with Gasteiger partial charge in [0.15, 0.2) is 0 Å². The zero-order valence-corrected chi connectivity index (χ0v) is 13.0. The second-order valence-corrected chi connectivity index (χ2v) is 5.94. The lowest BCUT2D eigenvalue weighted by Gasteiger charge is -2.21. The first-order valence-corrected chi connectivity index (χ1v) is 7.34. The molecule has 3 heterocycles. The fourth-order valence-electron chi connectivity index (χ4n) is 3.40. The van der Waals surface area contributed by atoms with Crippen LogP contribution in [0, 0.1) is 18.8 Å². The third-order valence-electron chi connectivity index (χ3n) is 4.67. The molecule has 0 aromatic carbocycles. The summed E-state index contributed by atoms with van der Waals surface area (Å²) in [5.41, 5.74) is 1.22. The quantitative estimate of drug-likeness (QED) is 0.818. The van der Waals surface area contributed by atoms with Crippen LogP contribution < -0.4 is 10.9 Å². The molecule has 0 saturated carbocycles. The van der Waals surface area contributed by atoms with Gasteiger partial charge in [-0.25, -0.2) is 0 Å². The molecule has 2 N–H and O–H groups in total. The fourth-order valence-corrected chi connectivity index (χ4v) is 3.40. The SMILES string of the molecule is Cc1cc(=O)[nH]cc1C(=O)N1CC[C@@H]2CNC[C@@H]2CC1.Cl. The van der Waals surface area contributed by atoms with Gasteiger partial charge in [-0.3, -0.25) is 9.59 Å². The first-order valence-electron chi connectivity index (χ1n) is 7.34. The average Bonchev–Trinajstić information content (AvgIpc) is 2.77. The fraction of sp³-hybridized carbons (Fsp3) is 0.600. The lowest BCUT2D eigenvalue weighted by Crippen LogP contribution is -2.33. The Morgan fingerprint density at radius 1 is 1.24 bits per heavy atom. The van der Waals surface area contributed by atoms with Crippen LogP contribution in [0.1, 0.15) is 28.8 Å². The normalized spacial score (nSPS) is 24.9. The van der Waals surface area contributed by atoms with Crippen molar-refractivity contribution in [2.75, 3.05) is 26.2 Å². The van der Waals surface area contributed by atoms with E-state index in [1.807, 2.05) is 11.8 Å². The van der Waals surface area contributed by atoms with Crippen molar-refractivity contribution in [1.82, 2.24) is 15.2 Å². The average molecular weight is 312 g/mol. The van der Waals surface area contributed by atoms with Crippen LogP contribution in [-0.4, -0.2) is 42.0 Å². The zero-order chi connectivity index (χ0) is 14.1. The topological polar surface area (TPSA) is 65.2 Å². The van der Waals surface area contributed by atoms with Crippen molar-refractivity contribution in [3.8, 4) is 0 Å². The van der Waals surface area contributed by atoms with E-state index in [-0.39, 0.29) is 23.9 Å². The standard InChI is InChI=1S/C15H21N3O2.ClH/c1-10-6-14(19)17-9-13(10)15(20)18-4-2-11-7-16-8-12(11)3-5-18;/h6,9,11-12,16H,2-5,7-8H2,1H3,(H,17,19);1H/t11-,12+;. The molecule has 1 aromatic heterocycles. The van der Waals surface area contributed by atoms with Gasteiger partial charge in [-0.05, 0) is 50.3 Å². The summed E-state index contributed by atoms with van der Waals surface area (Å²) in [5.74, 6) is 1.47. The molecule has 0 unspecified atom stereocenters. The Bertz CT molecular complexity index is 558. The van der Waals surface area contributed by atoms with Crippen molar-refractivity contribution in [2.45, 2.75) is 19.8 Å². The van der Waals surface area contributed by atoms with E-state index in [0.717, 1.165) is 44.6 Å². The Morgan fingerprint density at radius 3 is 2.43 bits per heavy atom. The Balaban J connectivity index is 0.00000161. The number of pyridine rings is 1. The van der Waals surface area contributed by atoms with E-state index >= 15 is 0 Å². The predicted molar refractivity (Wildman–Crippen MR) is 84.0 cm³/mol. The third-order valence-corrected chi connectivity index (χ3v) is 4.67. The molecule has 0 aliphatic carbocycles. The number of H-pyrrole nitrogens is 1. The summed E-state index contributed by atoms with van der Waals surface area (Å²) in [4.78, 5) is 28.4. The minimum Gasteiger partial charge on any atom is -0.339 e. The summed E-state index contributed by atoms with van der Waals surface area (Å²) in [6, 6.07) is 1.49. The molecule has 5 nitrogen and oxygen atoms in total. The molecule has 2 fully saturated rings. The van der Waals surface area contributed by atoms with E-state index in [1.54, 1.807) is 6.20 Å². The molecule has 1 amide bonds. The molecule has 2 saturated heterocycles. The summed E-state index contributed by atoms with van der Waals surface area (Å²) < 4.78 is 0. The van der Waals surface area contributed by atoms with Gasteiger partial charge < -0.3 is 15.2 Å². The number of fused-ring (bicyclic) bond motifs is 1. The van der Waals surface area contributed by atoms with Gasteiger partial charge in [0.1, 0.15) is 0 Å². The van der Waals surface area contributed by atoms with Crippen LogP contribution >= 0.6 is 12.4 Å². The molecule has 116 valence electrons. The number of nitrogens with zero attached hydrogens (tertiary/aromatic N) is 1. The number of halogens is 1. The van der Waals surface area contributed by atoms with Crippen LogP contribution in [0.2, 0.25) is 0 Å². The molecule has 21 heavy (non-hydrogen) atoms. The molecule has 6 heteroatoms. The maximum atomic E-state index is 12.6. The number of rotatable bonds is 1. The Hall–Kier alpha value is -1.33. The van der Waals surface area contributed by atoms with E-state index in [2.05, 4.69) is 10.3 Å². The summed E-state index contributed by atoms with van der Waals surface area (Å²) in [7, 11) is 0. The van der Waals surface area contributed by atoms with Crippen LogP contribution in [-0.2, 0) is 0 Å². The van der Waals surface area contributed by atoms with Gasteiger partial charge in [0.2, 0.25) is 5.56 Å². The van der Waals surface area contributed by atoms with Crippen molar-refractivity contribution in [1.29, 1.82) is 0 Å². The number of nitrogens with one attached hydrogen (secondary N) is 2. The highest BCUT2D eigenvalue weighted by Gasteiger charge is 2.31. The van der Waals surface area contributed by atoms with Gasteiger partial charge in [-0.15, -0.1) is 12.4 Å². The predicted octanol–water partition coefficient (Wildman–Crippen LogP) is 1.18. The third kappa shape index (κ3) is 3.30. The second-order valence-electron chi connectivity index (χ2n) is 5.94. The first kappa shape index (κ1) is 16.0. The highest BCUT2D eigenvalue weighted by Crippen LogP contribution is 2.27. The maximum Gasteiger partial charge on any atom is 0.255 e. The van der Waals surface area contributed by atoms with E-state index < -0.39 is 0 Å². The monoisotopic (exact) mass is 311 g/mol. The van der Waals surface area contributed by atoms with E-state index in [9.17, 15) is 9.59 Å². The van der Waals surface area contributed by atoms with E-state index in [1.165, 1.54) is 6.07 Å². The molecule has 3 rings (SSSR count).